The summed E-state index contributed by atoms with van der Waals surface area (Å²) >= 11 is 0. The maximum Gasteiger partial charge on any atom is 0.0585 e. The maximum atomic E-state index is 2.79. The van der Waals surface area contributed by atoms with Crippen LogP contribution < -0.4 is 4.90 Å². The van der Waals surface area contributed by atoms with Crippen LogP contribution in [0.1, 0.15) is 101 Å². The molecule has 0 aromatic heterocycles. The smallest absolute Gasteiger partial charge is 0.0585 e. The highest BCUT2D eigenvalue weighted by Gasteiger charge is 2.45. The lowest BCUT2D eigenvalue weighted by atomic mass is 9.74. The minimum Gasteiger partial charge on any atom is -0.339 e. The lowest BCUT2D eigenvalue weighted by Gasteiger charge is -2.40. The number of allylic oxidation sites excluding steroid dienone is 22. The Bertz CT molecular complexity index is 2260. The second-order valence-electron chi connectivity index (χ2n) is 18.6. The van der Waals surface area contributed by atoms with Crippen molar-refractivity contribution in [2.24, 2.45) is 29.6 Å². The number of nitrogens with zero attached hydrogens (tertiary/aromatic N) is 2. The molecular weight excluding hydrogens is 701 g/mol. The van der Waals surface area contributed by atoms with E-state index in [4.69, 9.17) is 0 Å². The Morgan fingerprint density at radius 1 is 0.621 bits per heavy atom. The van der Waals surface area contributed by atoms with Crippen LogP contribution in [0.5, 0.6) is 0 Å². The van der Waals surface area contributed by atoms with E-state index in [1.165, 1.54) is 79.6 Å². The molecule has 0 bridgehead atoms. The summed E-state index contributed by atoms with van der Waals surface area (Å²) in [5.41, 5.74) is 15.5. The highest BCUT2D eigenvalue weighted by Crippen LogP contribution is 2.53. The Hall–Kier alpha value is -4.82. The van der Waals surface area contributed by atoms with Crippen LogP contribution in [-0.4, -0.2) is 17.0 Å². The number of fused-ring (bicyclic) bond motifs is 5. The lowest BCUT2D eigenvalue weighted by molar-refractivity contribution is 0.333. The van der Waals surface area contributed by atoms with Crippen molar-refractivity contribution in [2.75, 3.05) is 4.90 Å². The fourth-order valence-corrected chi connectivity index (χ4v) is 12.4. The van der Waals surface area contributed by atoms with Gasteiger partial charge in [0.1, 0.15) is 0 Å². The van der Waals surface area contributed by atoms with Gasteiger partial charge in [0.25, 0.3) is 0 Å². The molecule has 294 valence electrons. The van der Waals surface area contributed by atoms with Crippen molar-refractivity contribution in [1.29, 1.82) is 0 Å². The van der Waals surface area contributed by atoms with Crippen molar-refractivity contribution in [3.63, 3.8) is 0 Å². The molecule has 0 N–H and O–H groups in total. The first-order valence-electron chi connectivity index (χ1n) is 23.1. The number of benzene rings is 1. The Balaban J connectivity index is 0.863. The molecule has 11 rings (SSSR count). The third-order valence-electron chi connectivity index (χ3n) is 15.4. The molecule has 1 heterocycles. The molecule has 2 nitrogen and oxygen atoms in total. The quantitative estimate of drug-likeness (QED) is 0.255. The molecule has 0 amide bonds. The van der Waals surface area contributed by atoms with Crippen LogP contribution >= 0.6 is 0 Å². The maximum absolute atomic E-state index is 2.79. The first-order valence-corrected chi connectivity index (χ1v) is 23.1. The van der Waals surface area contributed by atoms with Crippen LogP contribution in [0.3, 0.4) is 0 Å². The van der Waals surface area contributed by atoms with E-state index in [1.807, 2.05) is 0 Å². The molecule has 58 heavy (non-hydrogen) atoms. The summed E-state index contributed by atoms with van der Waals surface area (Å²) in [7, 11) is 0. The number of hydrogen-bond donors (Lipinski definition) is 0. The molecule has 1 aromatic carbocycles. The van der Waals surface area contributed by atoms with Gasteiger partial charge in [-0.05, 0) is 148 Å². The van der Waals surface area contributed by atoms with E-state index < -0.39 is 0 Å². The van der Waals surface area contributed by atoms with Gasteiger partial charge < -0.3 is 9.80 Å². The zero-order chi connectivity index (χ0) is 38.4. The lowest BCUT2D eigenvalue weighted by Crippen LogP contribution is -2.36. The van der Waals surface area contributed by atoms with E-state index in [0.29, 0.717) is 41.7 Å². The van der Waals surface area contributed by atoms with Gasteiger partial charge in [0.05, 0.1) is 12.1 Å². The molecule has 8 unspecified atom stereocenters. The predicted molar refractivity (Wildman–Crippen MR) is 243 cm³/mol. The Kier molecular flexibility index (Phi) is 9.85. The van der Waals surface area contributed by atoms with E-state index >= 15 is 0 Å². The number of rotatable bonds is 7. The SMILES string of the molecule is C1=CCC(C2=CCC(N(C3=CCC(c4cccc(N5C6=C(CCC7=CC=CCC76)C6CCC=CC65)c4)C=C3)C3=CCC(C4=C5C=CCCC5CC=C4)CC3)C=C2)C=C1. The first-order chi connectivity index (χ1) is 28.8. The minimum atomic E-state index is 0.339. The van der Waals surface area contributed by atoms with E-state index in [-0.39, 0.29) is 0 Å². The van der Waals surface area contributed by atoms with Crippen molar-refractivity contribution in [1.82, 2.24) is 4.90 Å². The standard InChI is InChI=1S/C56H60N2/c1-2-12-39(13-3-1)40-24-31-46(32-25-40)57(48-35-28-44(29-36-48)51-22-11-16-42-14-4-6-19-50(42)51)47-33-26-41(27-34-47)45-17-10-18-49(38-45)58-55-23-9-8-21-53(55)54-37-30-43-15-5-7-20-52(43)56(54)58/h1-3,5-7,9-12,15,17-19,22-26,31,33-35,38-39,41-42,44,46,52-53,55H,4,8,13-14,16,20-21,27-30,32,36-37H2. The van der Waals surface area contributed by atoms with Crippen LogP contribution in [-0.2, 0) is 0 Å². The van der Waals surface area contributed by atoms with Crippen molar-refractivity contribution < 1.29 is 0 Å². The third-order valence-corrected chi connectivity index (χ3v) is 15.4. The van der Waals surface area contributed by atoms with E-state index in [9.17, 15) is 0 Å². The minimum absolute atomic E-state index is 0.339. The zero-order valence-electron chi connectivity index (χ0n) is 34.3. The molecule has 0 saturated heterocycles. The van der Waals surface area contributed by atoms with E-state index in [0.717, 1.165) is 44.4 Å². The van der Waals surface area contributed by atoms with E-state index in [2.05, 4.69) is 156 Å². The van der Waals surface area contributed by atoms with Crippen LogP contribution in [0.4, 0.5) is 5.69 Å². The second kappa shape index (κ2) is 15.7. The van der Waals surface area contributed by atoms with Gasteiger partial charge in [0.15, 0.2) is 0 Å². The van der Waals surface area contributed by atoms with Crippen molar-refractivity contribution in [3.8, 4) is 0 Å². The summed E-state index contributed by atoms with van der Waals surface area (Å²) in [4.78, 5) is 5.52. The van der Waals surface area contributed by atoms with Gasteiger partial charge in [-0.3, -0.25) is 0 Å². The Labute approximate surface area is 347 Å². The van der Waals surface area contributed by atoms with Gasteiger partial charge in [-0.25, -0.2) is 0 Å². The highest BCUT2D eigenvalue weighted by atomic mass is 15.2. The molecule has 9 aliphatic carbocycles. The molecule has 2 heteroatoms. The summed E-state index contributed by atoms with van der Waals surface area (Å²) in [5, 5.41) is 0. The normalized spacial score (nSPS) is 33.3. The van der Waals surface area contributed by atoms with Gasteiger partial charge >= 0.3 is 0 Å². The van der Waals surface area contributed by atoms with Crippen LogP contribution in [0, 0.1) is 29.6 Å². The summed E-state index contributed by atoms with van der Waals surface area (Å²) in [6, 6.07) is 10.5. The molecular formula is C56H60N2. The van der Waals surface area contributed by atoms with Gasteiger partial charge in [0.2, 0.25) is 0 Å². The summed E-state index contributed by atoms with van der Waals surface area (Å²) < 4.78 is 0. The Morgan fingerprint density at radius 2 is 1.53 bits per heavy atom. The summed E-state index contributed by atoms with van der Waals surface area (Å²) in [6.45, 7) is 0. The predicted octanol–water partition coefficient (Wildman–Crippen LogP) is 13.9. The monoisotopic (exact) mass is 760 g/mol. The van der Waals surface area contributed by atoms with Crippen molar-refractivity contribution in [3.05, 3.63) is 196 Å². The summed E-state index contributed by atoms with van der Waals surface area (Å²) in [6.07, 6.45) is 65.3. The molecule has 0 saturated carbocycles. The summed E-state index contributed by atoms with van der Waals surface area (Å²) in [5.74, 6) is 3.46. The third kappa shape index (κ3) is 6.65. The van der Waals surface area contributed by atoms with Crippen LogP contribution in [0.15, 0.2) is 191 Å². The van der Waals surface area contributed by atoms with Gasteiger partial charge in [-0.2, -0.15) is 0 Å². The molecule has 0 radical (unpaired) electrons. The van der Waals surface area contributed by atoms with Gasteiger partial charge in [0, 0.05) is 46.5 Å². The topological polar surface area (TPSA) is 6.48 Å². The number of anilines is 1. The second-order valence-corrected chi connectivity index (χ2v) is 18.6. The first kappa shape index (κ1) is 36.3. The zero-order valence-corrected chi connectivity index (χ0v) is 34.3. The molecule has 10 aliphatic rings. The Morgan fingerprint density at radius 3 is 2.38 bits per heavy atom. The average Bonchev–Trinajstić information content (AvgIpc) is 3.65. The fourth-order valence-electron chi connectivity index (χ4n) is 12.4. The fraction of sp³-hybridized carbons (Fsp3) is 0.393. The van der Waals surface area contributed by atoms with E-state index in [1.54, 1.807) is 28.0 Å². The van der Waals surface area contributed by atoms with Gasteiger partial charge in [-0.15, -0.1) is 0 Å². The average molecular weight is 761 g/mol. The molecule has 1 aliphatic heterocycles. The number of hydrogen-bond acceptors (Lipinski definition) is 2. The molecule has 8 atom stereocenters. The molecule has 1 aromatic rings. The van der Waals surface area contributed by atoms with Gasteiger partial charge in [-0.1, -0.05) is 133 Å². The van der Waals surface area contributed by atoms with Crippen molar-refractivity contribution in [2.45, 2.75) is 108 Å². The van der Waals surface area contributed by atoms with Crippen molar-refractivity contribution >= 4 is 5.69 Å². The van der Waals surface area contributed by atoms with Crippen LogP contribution in [0.2, 0.25) is 0 Å². The van der Waals surface area contributed by atoms with Crippen LogP contribution in [0.25, 0.3) is 0 Å². The molecule has 0 spiro atoms. The largest absolute Gasteiger partial charge is 0.339 e. The highest BCUT2D eigenvalue weighted by molar-refractivity contribution is 5.64. The molecule has 0 fully saturated rings.